The molecule has 0 radical (unpaired) electrons. The van der Waals surface area contributed by atoms with Crippen molar-refractivity contribution in [2.45, 2.75) is 58.3 Å². The Hall–Kier alpha value is -4.07. The van der Waals surface area contributed by atoms with Crippen molar-refractivity contribution in [2.75, 3.05) is 19.7 Å². The van der Waals surface area contributed by atoms with Gasteiger partial charge in [0.25, 0.3) is 0 Å². The summed E-state index contributed by atoms with van der Waals surface area (Å²) in [6.45, 7) is 9.05. The molecule has 0 unspecified atom stereocenters. The third-order valence-corrected chi connectivity index (χ3v) is 6.62. The topological polar surface area (TPSA) is 90.0 Å². The molecule has 1 aliphatic heterocycles. The van der Waals surface area contributed by atoms with Crippen LogP contribution in [-0.4, -0.2) is 47.4 Å². The van der Waals surface area contributed by atoms with Crippen molar-refractivity contribution in [1.82, 2.24) is 15.2 Å². The number of pyridine rings is 1. The highest BCUT2D eigenvalue weighted by atomic mass is 16.6. The largest absolute Gasteiger partial charge is 0.478 e. The molecule has 2 aromatic carbocycles. The summed E-state index contributed by atoms with van der Waals surface area (Å²) in [4.78, 5) is 31.8. The Morgan fingerprint density at radius 1 is 0.974 bits per heavy atom. The van der Waals surface area contributed by atoms with Gasteiger partial charge in [0.1, 0.15) is 12.2 Å². The number of ether oxygens (including phenoxy) is 3. The molecule has 4 rings (SSSR count). The minimum absolute atomic E-state index is 0.174. The van der Waals surface area contributed by atoms with Crippen LogP contribution in [0.5, 0.6) is 5.88 Å². The van der Waals surface area contributed by atoms with E-state index in [0.717, 1.165) is 22.3 Å². The summed E-state index contributed by atoms with van der Waals surface area (Å²) >= 11 is 0. The summed E-state index contributed by atoms with van der Waals surface area (Å²) in [5.74, 6) is 0.579. The zero-order valence-electron chi connectivity index (χ0n) is 23.1. The summed E-state index contributed by atoms with van der Waals surface area (Å²) in [5, 5.41) is 3.14. The summed E-state index contributed by atoms with van der Waals surface area (Å²) in [6, 6.07) is 21.5. The zero-order valence-corrected chi connectivity index (χ0v) is 23.1. The molecule has 0 spiro atoms. The fraction of sp³-hybridized carbons (Fsp3) is 0.387. The first-order valence-electron chi connectivity index (χ1n) is 13.3. The van der Waals surface area contributed by atoms with E-state index in [1.165, 1.54) is 0 Å². The number of rotatable bonds is 7. The van der Waals surface area contributed by atoms with Gasteiger partial charge >= 0.3 is 12.2 Å². The molecular formula is C31H37N3O5. The molecule has 8 nitrogen and oxygen atoms in total. The average molecular weight is 532 g/mol. The normalized spacial score (nSPS) is 14.8. The Morgan fingerprint density at radius 2 is 1.67 bits per heavy atom. The van der Waals surface area contributed by atoms with Crippen molar-refractivity contribution >= 4 is 12.2 Å². The van der Waals surface area contributed by atoms with Gasteiger partial charge in [0.05, 0.1) is 12.1 Å². The summed E-state index contributed by atoms with van der Waals surface area (Å²) in [5.41, 5.74) is 2.43. The first kappa shape index (κ1) is 28.0. The number of hydrogen-bond donors (Lipinski definition) is 1. The maximum Gasteiger partial charge on any atom is 0.410 e. The van der Waals surface area contributed by atoms with E-state index >= 15 is 0 Å². The van der Waals surface area contributed by atoms with Crippen LogP contribution in [0, 0.1) is 0 Å². The number of nitrogens with zero attached hydrogens (tertiary/aromatic N) is 2. The van der Waals surface area contributed by atoms with Crippen molar-refractivity contribution in [3.05, 3.63) is 84.1 Å². The predicted octanol–water partition coefficient (Wildman–Crippen LogP) is 6.30. The van der Waals surface area contributed by atoms with E-state index in [4.69, 9.17) is 14.2 Å². The number of carbonyl (C=O) groups excluding carboxylic acids is 2. The van der Waals surface area contributed by atoms with Gasteiger partial charge in [-0.2, -0.15) is 0 Å². The molecule has 8 heteroatoms. The van der Waals surface area contributed by atoms with Crippen LogP contribution in [0.3, 0.4) is 0 Å². The molecule has 1 aromatic heterocycles. The Labute approximate surface area is 230 Å². The lowest BCUT2D eigenvalue weighted by Gasteiger charge is -2.42. The molecular weight excluding hydrogens is 494 g/mol. The number of alkyl carbamates (subject to hydrolysis) is 1. The summed E-state index contributed by atoms with van der Waals surface area (Å²) < 4.78 is 16.9. The molecule has 206 valence electrons. The van der Waals surface area contributed by atoms with E-state index in [9.17, 15) is 9.59 Å². The van der Waals surface area contributed by atoms with Crippen LogP contribution in [0.4, 0.5) is 9.59 Å². The summed E-state index contributed by atoms with van der Waals surface area (Å²) in [7, 11) is 0. The predicted molar refractivity (Wildman–Crippen MR) is 149 cm³/mol. The quantitative estimate of drug-likeness (QED) is 0.385. The Morgan fingerprint density at radius 3 is 2.31 bits per heavy atom. The van der Waals surface area contributed by atoms with Crippen LogP contribution in [-0.2, 0) is 21.6 Å². The van der Waals surface area contributed by atoms with Crippen molar-refractivity contribution in [3.8, 4) is 17.0 Å². The van der Waals surface area contributed by atoms with Gasteiger partial charge in [-0.3, -0.25) is 0 Å². The van der Waals surface area contributed by atoms with Crippen LogP contribution < -0.4 is 10.1 Å². The molecule has 1 saturated heterocycles. The van der Waals surface area contributed by atoms with Gasteiger partial charge in [-0.1, -0.05) is 54.6 Å². The molecule has 0 bridgehead atoms. The fourth-order valence-electron chi connectivity index (χ4n) is 4.67. The third-order valence-electron chi connectivity index (χ3n) is 6.62. The van der Waals surface area contributed by atoms with Crippen LogP contribution in [0.25, 0.3) is 11.1 Å². The van der Waals surface area contributed by atoms with Crippen LogP contribution in [0.15, 0.2) is 72.9 Å². The second-order valence-electron chi connectivity index (χ2n) is 10.6. The average Bonchev–Trinajstić information content (AvgIpc) is 2.92. The highest BCUT2D eigenvalue weighted by molar-refractivity contribution is 5.71. The SMILES string of the molecule is CCOc1ncccc1-c1ccc(C2(NC(=O)OCc3ccccc3)CCN(C(=O)OC(C)(C)C)CC2)cc1. The minimum atomic E-state index is -0.706. The van der Waals surface area contributed by atoms with Crippen molar-refractivity contribution in [3.63, 3.8) is 0 Å². The van der Waals surface area contributed by atoms with E-state index in [0.29, 0.717) is 38.4 Å². The number of benzene rings is 2. The van der Waals surface area contributed by atoms with Crippen molar-refractivity contribution < 1.29 is 23.8 Å². The van der Waals surface area contributed by atoms with Gasteiger partial charge in [0.15, 0.2) is 0 Å². The van der Waals surface area contributed by atoms with Crippen LogP contribution in [0.1, 0.15) is 51.7 Å². The second-order valence-corrected chi connectivity index (χ2v) is 10.6. The number of carbonyl (C=O) groups is 2. The van der Waals surface area contributed by atoms with E-state index < -0.39 is 17.2 Å². The molecule has 3 aromatic rings. The second kappa shape index (κ2) is 12.2. The molecule has 2 amide bonds. The van der Waals surface area contributed by atoms with Gasteiger partial charge in [-0.05, 0) is 69.4 Å². The van der Waals surface area contributed by atoms with Crippen molar-refractivity contribution in [2.24, 2.45) is 0 Å². The number of nitrogens with one attached hydrogen (secondary N) is 1. The highest BCUT2D eigenvalue weighted by Gasteiger charge is 2.40. The maximum absolute atomic E-state index is 13.0. The Balaban J connectivity index is 1.55. The lowest BCUT2D eigenvalue weighted by molar-refractivity contribution is 0.0141. The van der Waals surface area contributed by atoms with Gasteiger partial charge < -0.3 is 24.4 Å². The molecule has 0 atom stereocenters. The molecule has 2 heterocycles. The molecule has 0 aliphatic carbocycles. The summed E-state index contributed by atoms with van der Waals surface area (Å²) in [6.07, 6.45) is 1.89. The first-order valence-corrected chi connectivity index (χ1v) is 13.3. The number of aromatic nitrogens is 1. The number of likely N-dealkylation sites (tertiary alicyclic amines) is 1. The van der Waals surface area contributed by atoms with E-state index in [-0.39, 0.29) is 12.7 Å². The van der Waals surface area contributed by atoms with Gasteiger partial charge in [-0.15, -0.1) is 0 Å². The van der Waals surface area contributed by atoms with Crippen LogP contribution in [0.2, 0.25) is 0 Å². The molecule has 1 N–H and O–H groups in total. The third kappa shape index (κ3) is 7.28. The van der Waals surface area contributed by atoms with E-state index in [2.05, 4.69) is 10.3 Å². The molecule has 1 fully saturated rings. The minimum Gasteiger partial charge on any atom is -0.478 e. The molecule has 0 saturated carbocycles. The highest BCUT2D eigenvalue weighted by Crippen LogP contribution is 2.36. The Bertz CT molecular complexity index is 1250. The van der Waals surface area contributed by atoms with Crippen molar-refractivity contribution in [1.29, 1.82) is 0 Å². The lowest BCUT2D eigenvalue weighted by Crippen LogP contribution is -2.54. The number of piperidine rings is 1. The van der Waals surface area contributed by atoms with Crippen LogP contribution >= 0.6 is 0 Å². The van der Waals surface area contributed by atoms with E-state index in [1.54, 1.807) is 11.1 Å². The van der Waals surface area contributed by atoms with Gasteiger partial charge in [0.2, 0.25) is 5.88 Å². The fourth-order valence-corrected chi connectivity index (χ4v) is 4.67. The standard InChI is InChI=1S/C31H37N3O5/c1-5-37-27-26(12-9-19-32-27)24-13-15-25(16-14-24)31(33-28(35)38-22-23-10-7-6-8-11-23)17-20-34(21-18-31)29(36)39-30(2,3)4/h6-16,19H,5,17-18,20-22H2,1-4H3,(H,33,35). The zero-order chi connectivity index (χ0) is 27.9. The van der Waals surface area contributed by atoms with Gasteiger partial charge in [0, 0.05) is 24.8 Å². The van der Waals surface area contributed by atoms with Gasteiger partial charge in [-0.25, -0.2) is 14.6 Å². The molecule has 39 heavy (non-hydrogen) atoms. The maximum atomic E-state index is 13.0. The van der Waals surface area contributed by atoms with E-state index in [1.807, 2.05) is 94.4 Å². The first-order chi connectivity index (χ1) is 18.7. The number of amides is 2. The Kier molecular flexibility index (Phi) is 8.74. The monoisotopic (exact) mass is 531 g/mol. The lowest BCUT2D eigenvalue weighted by atomic mass is 9.80. The number of hydrogen-bond acceptors (Lipinski definition) is 6. The smallest absolute Gasteiger partial charge is 0.410 e. The molecule has 1 aliphatic rings.